The van der Waals surface area contributed by atoms with Crippen molar-refractivity contribution in [1.82, 2.24) is 9.55 Å². The Labute approximate surface area is 245 Å². The molecule has 0 atom stereocenters. The first-order chi connectivity index (χ1) is 20.6. The summed E-state index contributed by atoms with van der Waals surface area (Å²) in [6.07, 6.45) is 7.40. The second-order valence-electron chi connectivity index (χ2n) is 11.0. The molecule has 0 saturated heterocycles. The summed E-state index contributed by atoms with van der Waals surface area (Å²) in [6.45, 7) is 0.618. The minimum atomic E-state index is -0.590. The molecule has 1 aliphatic carbocycles. The van der Waals surface area contributed by atoms with Gasteiger partial charge in [0, 0.05) is 51.4 Å². The van der Waals surface area contributed by atoms with E-state index in [1.165, 1.54) is 17.8 Å². The predicted molar refractivity (Wildman–Crippen MR) is 174 cm³/mol. The zero-order chi connectivity index (χ0) is 29.1. The molecule has 0 aliphatic heterocycles. The van der Waals surface area contributed by atoms with Crippen molar-refractivity contribution in [2.75, 3.05) is 18.9 Å². The fraction of sp³-hybridized carbons (Fsp3) is 0.222. The Morgan fingerprint density at radius 1 is 0.929 bits per heavy atom. The number of nitrogens with zero attached hydrogens (tertiary/aromatic N) is 2. The quantitative estimate of drug-likeness (QED) is 0.177. The molecule has 42 heavy (non-hydrogen) atoms. The summed E-state index contributed by atoms with van der Waals surface area (Å²) in [7, 11) is 1.50. The van der Waals surface area contributed by atoms with Gasteiger partial charge in [-0.3, -0.25) is 9.78 Å². The van der Waals surface area contributed by atoms with E-state index in [-0.39, 0.29) is 0 Å². The number of aliphatic hydroxyl groups is 1. The summed E-state index contributed by atoms with van der Waals surface area (Å²) < 4.78 is 2.27. The van der Waals surface area contributed by atoms with Crippen molar-refractivity contribution in [3.8, 4) is 16.8 Å². The van der Waals surface area contributed by atoms with Crippen LogP contribution >= 0.6 is 0 Å². The number of hydrogen-bond acceptors (Lipinski definition) is 5. The number of nitrogens with two attached hydrogens (primary N) is 1. The van der Waals surface area contributed by atoms with Crippen LogP contribution in [0.5, 0.6) is 0 Å². The average molecular weight is 557 g/mol. The number of benzene rings is 4. The first kappa shape index (κ1) is 27.6. The van der Waals surface area contributed by atoms with E-state index < -0.39 is 5.60 Å². The maximum absolute atomic E-state index is 11.9. The lowest BCUT2D eigenvalue weighted by atomic mass is 9.98. The van der Waals surface area contributed by atoms with Gasteiger partial charge in [0.1, 0.15) is 0 Å². The van der Waals surface area contributed by atoms with E-state index in [9.17, 15) is 9.90 Å². The molecule has 0 bridgehead atoms. The van der Waals surface area contributed by atoms with Crippen molar-refractivity contribution in [2.24, 2.45) is 5.73 Å². The number of anilines is 1. The van der Waals surface area contributed by atoms with Gasteiger partial charge in [-0.25, -0.2) is 0 Å². The smallest absolute Gasteiger partial charge is 0.152 e. The molecule has 6 nitrogen and oxygen atoms in total. The molecule has 6 aromatic rings. The molecule has 2 aromatic heterocycles. The Kier molecular flexibility index (Phi) is 7.74. The molecule has 0 spiro atoms. The highest BCUT2D eigenvalue weighted by molar-refractivity contribution is 6.16. The van der Waals surface area contributed by atoms with Gasteiger partial charge in [0.05, 0.1) is 22.2 Å². The SMILES string of the molecule is CN.O=Cc1ccc(-n2c3ccccc3c3c(-c4cnc5ccccc5c4)cccc32)cc1NCCC1(O)CCCC1. The zero-order valence-corrected chi connectivity index (χ0v) is 23.9. The van der Waals surface area contributed by atoms with Crippen LogP contribution in [0, 0.1) is 0 Å². The third kappa shape index (κ3) is 5.04. The minimum absolute atomic E-state index is 0.590. The first-order valence-corrected chi connectivity index (χ1v) is 14.6. The van der Waals surface area contributed by atoms with E-state index >= 15 is 0 Å². The third-order valence-electron chi connectivity index (χ3n) is 8.46. The van der Waals surface area contributed by atoms with E-state index in [1.807, 2.05) is 36.5 Å². The van der Waals surface area contributed by atoms with E-state index in [0.29, 0.717) is 18.5 Å². The average Bonchev–Trinajstić information content (AvgIpc) is 3.63. The molecule has 7 rings (SSSR count). The second-order valence-corrected chi connectivity index (χ2v) is 11.0. The van der Waals surface area contributed by atoms with Gasteiger partial charge in [-0.1, -0.05) is 61.4 Å². The Morgan fingerprint density at radius 2 is 1.69 bits per heavy atom. The fourth-order valence-corrected chi connectivity index (χ4v) is 6.41. The number of pyridine rings is 1. The Balaban J connectivity index is 0.00000155. The molecule has 212 valence electrons. The van der Waals surface area contributed by atoms with Crippen LogP contribution < -0.4 is 11.1 Å². The summed E-state index contributed by atoms with van der Waals surface area (Å²) in [4.78, 5) is 16.7. The summed E-state index contributed by atoms with van der Waals surface area (Å²) in [6, 6.07) is 31.2. The lowest BCUT2D eigenvalue weighted by Gasteiger charge is -2.22. The molecular formula is C36H36N4O2. The van der Waals surface area contributed by atoms with Crippen molar-refractivity contribution < 1.29 is 9.90 Å². The Hall–Kier alpha value is -4.52. The van der Waals surface area contributed by atoms with Crippen LogP contribution in [0.25, 0.3) is 49.5 Å². The van der Waals surface area contributed by atoms with Gasteiger partial charge in [0.2, 0.25) is 0 Å². The van der Waals surface area contributed by atoms with Gasteiger partial charge in [0.25, 0.3) is 0 Å². The number of nitrogens with one attached hydrogen (secondary N) is 1. The van der Waals surface area contributed by atoms with Gasteiger partial charge in [0.15, 0.2) is 6.29 Å². The largest absolute Gasteiger partial charge is 0.390 e. The molecule has 6 heteroatoms. The van der Waals surface area contributed by atoms with Crippen molar-refractivity contribution in [1.29, 1.82) is 0 Å². The highest BCUT2D eigenvalue weighted by Gasteiger charge is 2.30. The summed E-state index contributed by atoms with van der Waals surface area (Å²) in [5, 5.41) is 17.7. The van der Waals surface area contributed by atoms with E-state index in [2.05, 4.69) is 76.3 Å². The maximum atomic E-state index is 11.9. The lowest BCUT2D eigenvalue weighted by molar-refractivity contribution is 0.0424. The summed E-state index contributed by atoms with van der Waals surface area (Å²) in [5.74, 6) is 0. The molecule has 2 heterocycles. The van der Waals surface area contributed by atoms with Gasteiger partial charge >= 0.3 is 0 Å². The lowest BCUT2D eigenvalue weighted by Crippen LogP contribution is -2.27. The number of para-hydroxylation sites is 2. The van der Waals surface area contributed by atoms with Crippen molar-refractivity contribution in [2.45, 2.75) is 37.7 Å². The number of fused-ring (bicyclic) bond motifs is 4. The number of aromatic nitrogens is 2. The molecule has 0 unspecified atom stereocenters. The Morgan fingerprint density at radius 3 is 2.52 bits per heavy atom. The van der Waals surface area contributed by atoms with Crippen LogP contribution in [-0.4, -0.2) is 40.1 Å². The van der Waals surface area contributed by atoms with Gasteiger partial charge in [-0.15, -0.1) is 0 Å². The predicted octanol–water partition coefficient (Wildman–Crippen LogP) is 7.49. The topological polar surface area (TPSA) is 93.2 Å². The monoisotopic (exact) mass is 556 g/mol. The van der Waals surface area contributed by atoms with Crippen LogP contribution in [0.1, 0.15) is 42.5 Å². The van der Waals surface area contributed by atoms with Crippen LogP contribution in [0.2, 0.25) is 0 Å². The molecular weight excluding hydrogens is 520 g/mol. The van der Waals surface area contributed by atoms with E-state index in [0.717, 1.165) is 76.4 Å². The second kappa shape index (κ2) is 11.8. The highest BCUT2D eigenvalue weighted by atomic mass is 16.3. The van der Waals surface area contributed by atoms with Crippen molar-refractivity contribution in [3.05, 3.63) is 103 Å². The molecule has 0 radical (unpaired) electrons. The van der Waals surface area contributed by atoms with E-state index in [4.69, 9.17) is 4.98 Å². The number of hydrogen-bond donors (Lipinski definition) is 3. The standard InChI is InChI=1S/C35H31N3O2.CH5N/c39-23-25-14-15-27(21-31(25)36-19-18-35(40)16-5-6-17-35)38-32-12-4-2-9-29(32)34-28(10-7-13-33(34)38)26-20-24-8-1-3-11-30(24)37-22-26;1-2/h1-4,7-15,20-23,36,40H,5-6,16-19H2;2H2,1H3. The maximum Gasteiger partial charge on any atom is 0.152 e. The molecule has 1 saturated carbocycles. The zero-order valence-electron chi connectivity index (χ0n) is 23.9. The minimum Gasteiger partial charge on any atom is -0.390 e. The molecule has 0 amide bonds. The summed E-state index contributed by atoms with van der Waals surface area (Å²) >= 11 is 0. The van der Waals surface area contributed by atoms with Gasteiger partial charge in [-0.2, -0.15) is 0 Å². The normalized spacial score (nSPS) is 14.2. The van der Waals surface area contributed by atoms with E-state index in [1.54, 1.807) is 0 Å². The van der Waals surface area contributed by atoms with Gasteiger partial charge < -0.3 is 20.7 Å². The number of carbonyl (C=O) groups is 1. The van der Waals surface area contributed by atoms with Crippen molar-refractivity contribution >= 4 is 44.7 Å². The number of rotatable bonds is 7. The molecule has 4 N–H and O–H groups in total. The molecule has 4 aromatic carbocycles. The van der Waals surface area contributed by atoms with Crippen LogP contribution in [0.15, 0.2) is 97.2 Å². The Bertz CT molecular complexity index is 1890. The summed E-state index contributed by atoms with van der Waals surface area (Å²) in [5.41, 5.74) is 11.7. The first-order valence-electron chi connectivity index (χ1n) is 14.6. The third-order valence-corrected chi connectivity index (χ3v) is 8.46. The fourth-order valence-electron chi connectivity index (χ4n) is 6.41. The van der Waals surface area contributed by atoms with Crippen LogP contribution in [0.4, 0.5) is 5.69 Å². The van der Waals surface area contributed by atoms with Gasteiger partial charge in [-0.05, 0) is 74.3 Å². The van der Waals surface area contributed by atoms with Crippen molar-refractivity contribution in [3.63, 3.8) is 0 Å². The molecule has 1 fully saturated rings. The van der Waals surface area contributed by atoms with Crippen LogP contribution in [0.3, 0.4) is 0 Å². The number of aldehydes is 1. The molecule has 1 aliphatic rings. The van der Waals surface area contributed by atoms with Crippen LogP contribution in [-0.2, 0) is 0 Å². The number of carbonyl (C=O) groups excluding carboxylic acids is 1. The highest BCUT2D eigenvalue weighted by Crippen LogP contribution is 2.39.